The lowest BCUT2D eigenvalue weighted by Gasteiger charge is -1.99. The number of rotatable bonds is 13. The summed E-state index contributed by atoms with van der Waals surface area (Å²) < 4.78 is 0. The Hall–Kier alpha value is -1.05. The minimum atomic E-state index is -0.669. The van der Waals surface area contributed by atoms with Crippen LogP contribution >= 0.6 is 0 Å². The summed E-state index contributed by atoms with van der Waals surface area (Å²) in [5.41, 5.74) is 0. The molecular formula is C17H30O2. The molecule has 19 heavy (non-hydrogen) atoms. The highest BCUT2D eigenvalue weighted by atomic mass is 16.4. The van der Waals surface area contributed by atoms with Crippen LogP contribution in [-0.2, 0) is 4.79 Å². The Labute approximate surface area is 118 Å². The first-order chi connectivity index (χ1) is 9.27. The van der Waals surface area contributed by atoms with E-state index in [-0.39, 0.29) is 0 Å². The van der Waals surface area contributed by atoms with E-state index in [9.17, 15) is 4.79 Å². The number of carboxylic acids is 1. The van der Waals surface area contributed by atoms with Crippen molar-refractivity contribution in [3.8, 4) is 0 Å². The Bertz CT molecular complexity index is 254. The molecule has 0 amide bonds. The van der Waals surface area contributed by atoms with Crippen LogP contribution in [-0.4, -0.2) is 11.1 Å². The lowest BCUT2D eigenvalue weighted by Crippen LogP contribution is -1.93. The Morgan fingerprint density at radius 1 is 0.842 bits per heavy atom. The zero-order valence-electron chi connectivity index (χ0n) is 12.4. The normalized spacial score (nSPS) is 11.6. The molecule has 0 saturated heterocycles. The third-order valence-corrected chi connectivity index (χ3v) is 3.12. The molecule has 0 heterocycles. The van der Waals surface area contributed by atoms with Crippen molar-refractivity contribution < 1.29 is 9.90 Å². The average molecular weight is 266 g/mol. The fraction of sp³-hybridized carbons (Fsp3) is 0.706. The maximum atomic E-state index is 10.3. The first-order valence-electron chi connectivity index (χ1n) is 7.80. The average Bonchev–Trinajstić information content (AvgIpc) is 2.39. The van der Waals surface area contributed by atoms with Gasteiger partial charge in [0, 0.05) is 6.42 Å². The molecule has 2 nitrogen and oxygen atoms in total. The molecule has 0 radical (unpaired) electrons. The van der Waals surface area contributed by atoms with Gasteiger partial charge in [-0.2, -0.15) is 0 Å². The van der Waals surface area contributed by atoms with Crippen LogP contribution in [0.5, 0.6) is 0 Å². The van der Waals surface area contributed by atoms with Gasteiger partial charge in [0.15, 0.2) is 0 Å². The zero-order chi connectivity index (χ0) is 14.2. The van der Waals surface area contributed by atoms with Gasteiger partial charge in [-0.25, -0.2) is 0 Å². The van der Waals surface area contributed by atoms with Crippen LogP contribution in [0.2, 0.25) is 0 Å². The minimum Gasteiger partial charge on any atom is -0.481 e. The number of hydrogen-bond donors (Lipinski definition) is 1. The van der Waals surface area contributed by atoms with E-state index in [0.717, 1.165) is 19.3 Å². The summed E-state index contributed by atoms with van der Waals surface area (Å²) >= 11 is 0. The van der Waals surface area contributed by atoms with Crippen LogP contribution in [0.15, 0.2) is 24.3 Å². The summed E-state index contributed by atoms with van der Waals surface area (Å²) in [6.07, 6.45) is 20.8. The van der Waals surface area contributed by atoms with Crippen LogP contribution in [0.3, 0.4) is 0 Å². The Balaban J connectivity index is 3.15. The van der Waals surface area contributed by atoms with E-state index >= 15 is 0 Å². The largest absolute Gasteiger partial charge is 0.481 e. The van der Waals surface area contributed by atoms with Gasteiger partial charge in [0.25, 0.3) is 0 Å². The third-order valence-electron chi connectivity index (χ3n) is 3.12. The molecule has 2 heteroatoms. The molecule has 0 fully saturated rings. The molecule has 0 aromatic heterocycles. The van der Waals surface area contributed by atoms with Crippen LogP contribution in [0.25, 0.3) is 0 Å². The number of carboxylic acid groups (broad SMARTS) is 1. The van der Waals surface area contributed by atoms with Crippen molar-refractivity contribution in [2.75, 3.05) is 0 Å². The van der Waals surface area contributed by atoms with Gasteiger partial charge in [0.2, 0.25) is 0 Å². The van der Waals surface area contributed by atoms with E-state index in [1.165, 1.54) is 44.9 Å². The van der Waals surface area contributed by atoms with Gasteiger partial charge in [0.05, 0.1) is 0 Å². The Morgan fingerprint density at radius 2 is 1.37 bits per heavy atom. The van der Waals surface area contributed by atoms with Gasteiger partial charge in [-0.1, -0.05) is 69.8 Å². The fourth-order valence-corrected chi connectivity index (χ4v) is 1.92. The Morgan fingerprint density at radius 3 is 1.95 bits per heavy atom. The molecule has 0 unspecified atom stereocenters. The van der Waals surface area contributed by atoms with E-state index in [2.05, 4.69) is 31.2 Å². The van der Waals surface area contributed by atoms with Gasteiger partial charge in [-0.15, -0.1) is 0 Å². The van der Waals surface area contributed by atoms with Gasteiger partial charge >= 0.3 is 5.97 Å². The van der Waals surface area contributed by atoms with E-state index in [1.54, 1.807) is 0 Å². The number of allylic oxidation sites excluding steroid dienone is 4. The zero-order valence-corrected chi connectivity index (χ0v) is 12.4. The predicted molar refractivity (Wildman–Crippen MR) is 82.4 cm³/mol. The van der Waals surface area contributed by atoms with Crippen molar-refractivity contribution in [3.05, 3.63) is 24.3 Å². The maximum absolute atomic E-state index is 10.3. The molecule has 0 saturated carbocycles. The topological polar surface area (TPSA) is 37.3 Å². The SMILES string of the molecule is CCCCC=CC=CCCCCCCCCC(=O)O. The summed E-state index contributed by atoms with van der Waals surface area (Å²) in [6, 6.07) is 0. The van der Waals surface area contributed by atoms with Crippen molar-refractivity contribution in [2.45, 2.75) is 77.6 Å². The smallest absolute Gasteiger partial charge is 0.303 e. The summed E-state index contributed by atoms with van der Waals surface area (Å²) in [5, 5.41) is 8.49. The molecule has 0 atom stereocenters. The standard InChI is InChI=1S/C17H30O2/c1-2-3-4-5-6-7-8-9-10-11-12-13-14-15-16-17(18)19/h5-8H,2-4,9-16H2,1H3,(H,18,19). The van der Waals surface area contributed by atoms with E-state index < -0.39 is 5.97 Å². The van der Waals surface area contributed by atoms with Crippen molar-refractivity contribution in [3.63, 3.8) is 0 Å². The Kier molecular flexibility index (Phi) is 14.2. The molecule has 0 bridgehead atoms. The monoisotopic (exact) mass is 266 g/mol. The number of unbranched alkanes of at least 4 members (excludes halogenated alkanes) is 8. The lowest BCUT2D eigenvalue weighted by molar-refractivity contribution is -0.137. The van der Waals surface area contributed by atoms with E-state index in [1.807, 2.05) is 0 Å². The molecule has 0 spiro atoms. The van der Waals surface area contributed by atoms with Crippen LogP contribution in [0.4, 0.5) is 0 Å². The van der Waals surface area contributed by atoms with Gasteiger partial charge in [-0.3, -0.25) is 4.79 Å². The first kappa shape index (κ1) is 17.9. The summed E-state index contributed by atoms with van der Waals surface area (Å²) in [4.78, 5) is 10.3. The first-order valence-corrected chi connectivity index (χ1v) is 7.80. The molecule has 0 aromatic rings. The van der Waals surface area contributed by atoms with Crippen molar-refractivity contribution >= 4 is 5.97 Å². The number of aliphatic carboxylic acids is 1. The van der Waals surface area contributed by atoms with Gasteiger partial charge in [-0.05, 0) is 25.7 Å². The van der Waals surface area contributed by atoms with E-state index in [0.29, 0.717) is 6.42 Å². The second kappa shape index (κ2) is 15.0. The van der Waals surface area contributed by atoms with Crippen molar-refractivity contribution in [1.29, 1.82) is 0 Å². The van der Waals surface area contributed by atoms with Crippen LogP contribution < -0.4 is 0 Å². The molecule has 0 aliphatic carbocycles. The third kappa shape index (κ3) is 16.9. The summed E-state index contributed by atoms with van der Waals surface area (Å²) in [7, 11) is 0. The minimum absolute atomic E-state index is 0.326. The van der Waals surface area contributed by atoms with Crippen LogP contribution in [0, 0.1) is 0 Å². The van der Waals surface area contributed by atoms with Gasteiger partial charge in [0.1, 0.15) is 0 Å². The molecule has 110 valence electrons. The number of hydrogen-bond acceptors (Lipinski definition) is 1. The summed E-state index contributed by atoms with van der Waals surface area (Å²) in [5.74, 6) is -0.669. The lowest BCUT2D eigenvalue weighted by atomic mass is 10.1. The highest BCUT2D eigenvalue weighted by Crippen LogP contribution is 2.08. The maximum Gasteiger partial charge on any atom is 0.303 e. The highest BCUT2D eigenvalue weighted by molar-refractivity contribution is 5.66. The quantitative estimate of drug-likeness (QED) is 0.353. The number of carbonyl (C=O) groups is 1. The van der Waals surface area contributed by atoms with Crippen LogP contribution in [0.1, 0.15) is 77.6 Å². The molecule has 0 rings (SSSR count). The second-order valence-electron chi connectivity index (χ2n) is 5.05. The highest BCUT2D eigenvalue weighted by Gasteiger charge is 1.95. The van der Waals surface area contributed by atoms with Crippen molar-refractivity contribution in [1.82, 2.24) is 0 Å². The molecular weight excluding hydrogens is 236 g/mol. The predicted octanol–water partition coefficient (Wildman–Crippen LogP) is 5.49. The fourth-order valence-electron chi connectivity index (χ4n) is 1.92. The molecule has 1 N–H and O–H groups in total. The van der Waals surface area contributed by atoms with E-state index in [4.69, 9.17) is 5.11 Å². The molecule has 0 aliphatic heterocycles. The summed E-state index contributed by atoms with van der Waals surface area (Å²) in [6.45, 7) is 2.21. The molecule has 0 aliphatic rings. The second-order valence-corrected chi connectivity index (χ2v) is 5.05. The van der Waals surface area contributed by atoms with Crippen molar-refractivity contribution in [2.24, 2.45) is 0 Å². The van der Waals surface area contributed by atoms with Gasteiger partial charge < -0.3 is 5.11 Å². The molecule has 0 aromatic carbocycles.